The Bertz CT molecular complexity index is 778. The van der Waals surface area contributed by atoms with E-state index in [2.05, 4.69) is 42.4 Å². The number of carbonyl (C=O) groups excluding carboxylic acids is 2. The summed E-state index contributed by atoms with van der Waals surface area (Å²) in [5.74, 6) is 0.0217. The Morgan fingerprint density at radius 2 is 1.93 bits per heavy atom. The number of piperazine rings is 1. The molecule has 3 rings (SSSR count). The lowest BCUT2D eigenvalue weighted by atomic mass is 9.80. The fourth-order valence-corrected chi connectivity index (χ4v) is 4.99. The van der Waals surface area contributed by atoms with E-state index >= 15 is 0 Å². The Hall–Kier alpha value is -2.40. The second-order valence-electron chi connectivity index (χ2n) is 8.62. The van der Waals surface area contributed by atoms with Gasteiger partial charge >= 0.3 is 0 Å². The molecule has 0 saturated carbocycles. The average molecular weight is 410 g/mol. The van der Waals surface area contributed by atoms with Crippen LogP contribution in [0.25, 0.3) is 0 Å². The summed E-state index contributed by atoms with van der Waals surface area (Å²) >= 11 is 0. The number of hydrogen-bond acceptors (Lipinski definition) is 3. The van der Waals surface area contributed by atoms with Crippen molar-refractivity contribution in [3.63, 3.8) is 0 Å². The molecule has 1 N–H and O–H groups in total. The Morgan fingerprint density at radius 1 is 1.20 bits per heavy atom. The van der Waals surface area contributed by atoms with Crippen LogP contribution in [-0.4, -0.2) is 52.8 Å². The first-order valence-corrected chi connectivity index (χ1v) is 11.1. The highest BCUT2D eigenvalue weighted by Crippen LogP contribution is 2.36. The zero-order valence-corrected chi connectivity index (χ0v) is 18.2. The van der Waals surface area contributed by atoms with E-state index in [4.69, 9.17) is 0 Å². The molecule has 162 valence electrons. The first-order valence-electron chi connectivity index (χ1n) is 11.1. The van der Waals surface area contributed by atoms with Crippen LogP contribution in [0.1, 0.15) is 49.7 Å². The van der Waals surface area contributed by atoms with Crippen molar-refractivity contribution in [3.05, 3.63) is 60.7 Å². The van der Waals surface area contributed by atoms with Crippen molar-refractivity contribution < 1.29 is 9.59 Å². The van der Waals surface area contributed by atoms with Gasteiger partial charge in [0, 0.05) is 31.7 Å². The van der Waals surface area contributed by atoms with Gasteiger partial charge in [-0.1, -0.05) is 36.4 Å². The monoisotopic (exact) mass is 409 g/mol. The topological polar surface area (TPSA) is 52.7 Å². The standard InChI is InChI=1S/C25H35N3O2/c1-4-12-25(13-5-2)14-8-9-16-28(25)23(29)18-22-24(30)26-15-17-27(22)19-21-11-7-6-10-20(21)3/h4-7,10-11,22H,1-2,8-9,12-19H2,3H3,(H,26,30). The van der Waals surface area contributed by atoms with E-state index in [1.807, 2.05) is 29.2 Å². The molecule has 30 heavy (non-hydrogen) atoms. The summed E-state index contributed by atoms with van der Waals surface area (Å²) in [4.78, 5) is 30.4. The molecule has 1 aromatic carbocycles. The van der Waals surface area contributed by atoms with Crippen molar-refractivity contribution in [3.8, 4) is 0 Å². The molecule has 0 radical (unpaired) electrons. The number of benzene rings is 1. The zero-order valence-electron chi connectivity index (χ0n) is 18.2. The lowest BCUT2D eigenvalue weighted by Gasteiger charge is -2.48. The maximum absolute atomic E-state index is 13.5. The Morgan fingerprint density at radius 3 is 2.63 bits per heavy atom. The smallest absolute Gasteiger partial charge is 0.237 e. The molecule has 0 bridgehead atoms. The minimum absolute atomic E-state index is 0.0433. The normalized spacial score (nSPS) is 21.7. The predicted octanol–water partition coefficient (Wildman–Crippen LogP) is 3.59. The van der Waals surface area contributed by atoms with Crippen LogP contribution in [-0.2, 0) is 16.1 Å². The van der Waals surface area contributed by atoms with Crippen LogP contribution < -0.4 is 5.32 Å². The number of rotatable bonds is 8. The highest BCUT2D eigenvalue weighted by molar-refractivity contribution is 5.89. The third kappa shape index (κ3) is 4.84. The van der Waals surface area contributed by atoms with Crippen LogP contribution in [0.5, 0.6) is 0 Å². The van der Waals surface area contributed by atoms with Gasteiger partial charge in [0.05, 0.1) is 12.5 Å². The predicted molar refractivity (Wildman–Crippen MR) is 121 cm³/mol. The molecule has 5 nitrogen and oxygen atoms in total. The molecule has 1 unspecified atom stereocenters. The molecule has 2 fully saturated rings. The zero-order chi connectivity index (χ0) is 21.6. The molecule has 5 heteroatoms. The van der Waals surface area contributed by atoms with Crippen LogP contribution >= 0.6 is 0 Å². The van der Waals surface area contributed by atoms with E-state index in [-0.39, 0.29) is 23.8 Å². The second-order valence-corrected chi connectivity index (χ2v) is 8.62. The van der Waals surface area contributed by atoms with Gasteiger partial charge in [-0.2, -0.15) is 0 Å². The van der Waals surface area contributed by atoms with Crippen LogP contribution in [0, 0.1) is 6.92 Å². The van der Waals surface area contributed by atoms with E-state index in [1.165, 1.54) is 11.1 Å². The molecule has 2 aliphatic heterocycles. The summed E-state index contributed by atoms with van der Waals surface area (Å²) in [7, 11) is 0. The third-order valence-corrected chi connectivity index (χ3v) is 6.64. The minimum atomic E-state index is -0.432. The average Bonchev–Trinajstić information content (AvgIpc) is 2.73. The summed E-state index contributed by atoms with van der Waals surface area (Å²) in [6, 6.07) is 7.81. The lowest BCUT2D eigenvalue weighted by molar-refractivity contribution is -0.145. The molecule has 0 aromatic heterocycles. The summed E-state index contributed by atoms with van der Waals surface area (Å²) in [5, 5.41) is 2.96. The molecule has 2 saturated heterocycles. The fourth-order valence-electron chi connectivity index (χ4n) is 4.99. The van der Waals surface area contributed by atoms with E-state index < -0.39 is 6.04 Å². The summed E-state index contributed by atoms with van der Waals surface area (Å²) in [5.41, 5.74) is 2.17. The first kappa shape index (κ1) is 22.3. The number of aryl methyl sites for hydroxylation is 1. The SMILES string of the molecule is C=CCC1(CC=C)CCCCN1C(=O)CC1C(=O)NCCN1Cc1ccccc1C. The maximum atomic E-state index is 13.5. The van der Waals surface area contributed by atoms with Crippen LogP contribution in [0.3, 0.4) is 0 Å². The highest BCUT2D eigenvalue weighted by atomic mass is 16.2. The Kier molecular flexibility index (Phi) is 7.48. The van der Waals surface area contributed by atoms with E-state index in [0.29, 0.717) is 13.1 Å². The van der Waals surface area contributed by atoms with Gasteiger partial charge in [-0.25, -0.2) is 0 Å². The number of likely N-dealkylation sites (tertiary alicyclic amines) is 1. The summed E-state index contributed by atoms with van der Waals surface area (Å²) < 4.78 is 0. The number of amides is 2. The van der Waals surface area contributed by atoms with Crippen LogP contribution in [0.15, 0.2) is 49.6 Å². The van der Waals surface area contributed by atoms with Crippen LogP contribution in [0.4, 0.5) is 0 Å². The molecule has 2 amide bonds. The Labute approximate surface area is 180 Å². The fraction of sp³-hybridized carbons (Fsp3) is 0.520. The molecule has 1 aromatic rings. The lowest BCUT2D eigenvalue weighted by Crippen LogP contribution is -2.59. The molecular weight excluding hydrogens is 374 g/mol. The van der Waals surface area contributed by atoms with Gasteiger partial charge in [0.15, 0.2) is 0 Å². The second kappa shape index (κ2) is 10.1. The van der Waals surface area contributed by atoms with Gasteiger partial charge < -0.3 is 10.2 Å². The quantitative estimate of drug-likeness (QED) is 0.668. The molecule has 0 spiro atoms. The minimum Gasteiger partial charge on any atom is -0.353 e. The Balaban J connectivity index is 1.79. The van der Waals surface area contributed by atoms with Crippen molar-refractivity contribution in [1.82, 2.24) is 15.1 Å². The molecule has 2 aliphatic rings. The molecule has 2 heterocycles. The molecule has 0 aliphatic carbocycles. The third-order valence-electron chi connectivity index (χ3n) is 6.64. The maximum Gasteiger partial charge on any atom is 0.237 e. The van der Waals surface area contributed by atoms with Crippen molar-refractivity contribution in [1.29, 1.82) is 0 Å². The van der Waals surface area contributed by atoms with E-state index in [1.54, 1.807) is 0 Å². The van der Waals surface area contributed by atoms with E-state index in [0.717, 1.165) is 45.2 Å². The first-order chi connectivity index (χ1) is 14.5. The van der Waals surface area contributed by atoms with Gasteiger partial charge in [0.2, 0.25) is 11.8 Å². The van der Waals surface area contributed by atoms with E-state index in [9.17, 15) is 9.59 Å². The van der Waals surface area contributed by atoms with Gasteiger partial charge in [0.25, 0.3) is 0 Å². The molecular formula is C25H35N3O2. The number of carbonyl (C=O) groups is 2. The van der Waals surface area contributed by atoms with Crippen molar-refractivity contribution in [2.45, 2.75) is 63.6 Å². The molecule has 1 atom stereocenters. The summed E-state index contributed by atoms with van der Waals surface area (Å²) in [6.45, 7) is 12.7. The summed E-state index contributed by atoms with van der Waals surface area (Å²) in [6.07, 6.45) is 8.62. The van der Waals surface area contributed by atoms with Crippen molar-refractivity contribution in [2.75, 3.05) is 19.6 Å². The largest absolute Gasteiger partial charge is 0.353 e. The number of nitrogens with one attached hydrogen (secondary N) is 1. The van der Waals surface area contributed by atoms with Gasteiger partial charge in [-0.3, -0.25) is 14.5 Å². The van der Waals surface area contributed by atoms with Gasteiger partial charge in [-0.05, 0) is 50.2 Å². The number of nitrogens with zero attached hydrogens (tertiary/aromatic N) is 2. The number of piperidine rings is 1. The highest BCUT2D eigenvalue weighted by Gasteiger charge is 2.41. The van der Waals surface area contributed by atoms with Crippen molar-refractivity contribution >= 4 is 11.8 Å². The van der Waals surface area contributed by atoms with Gasteiger partial charge in [0.1, 0.15) is 0 Å². The number of hydrogen-bond donors (Lipinski definition) is 1. The van der Waals surface area contributed by atoms with Crippen molar-refractivity contribution in [2.24, 2.45) is 0 Å². The van der Waals surface area contributed by atoms with Gasteiger partial charge in [-0.15, -0.1) is 13.2 Å². The van der Waals surface area contributed by atoms with Crippen LogP contribution in [0.2, 0.25) is 0 Å².